The fourth-order valence-electron chi connectivity index (χ4n) is 2.95. The van der Waals surface area contributed by atoms with Crippen molar-refractivity contribution in [3.63, 3.8) is 0 Å². The Labute approximate surface area is 152 Å². The van der Waals surface area contributed by atoms with E-state index in [0.29, 0.717) is 23.2 Å². The molecule has 2 atom stereocenters. The number of para-hydroxylation sites is 1. The van der Waals surface area contributed by atoms with Crippen LogP contribution in [0.15, 0.2) is 42.5 Å². The van der Waals surface area contributed by atoms with Crippen molar-refractivity contribution in [1.29, 1.82) is 0 Å². The molecule has 1 saturated carbocycles. The number of carboxylic acids is 1. The first-order valence-electron chi connectivity index (χ1n) is 8.15. The number of aryl methyl sites for hydroxylation is 1. The van der Waals surface area contributed by atoms with Crippen molar-refractivity contribution >= 4 is 17.6 Å². The van der Waals surface area contributed by atoms with E-state index in [1.807, 2.05) is 0 Å². The van der Waals surface area contributed by atoms with Crippen molar-refractivity contribution in [1.82, 2.24) is 0 Å². The Morgan fingerprint density at radius 2 is 1.89 bits per heavy atom. The largest absolute Gasteiger partial charge is 0.573 e. The lowest BCUT2D eigenvalue weighted by Gasteiger charge is -2.13. The minimum absolute atomic E-state index is 0.0344. The van der Waals surface area contributed by atoms with E-state index in [2.05, 4.69) is 10.1 Å². The molecule has 0 saturated heterocycles. The van der Waals surface area contributed by atoms with Crippen LogP contribution >= 0.6 is 0 Å². The van der Waals surface area contributed by atoms with E-state index >= 15 is 0 Å². The Morgan fingerprint density at radius 3 is 2.56 bits per heavy atom. The molecule has 27 heavy (non-hydrogen) atoms. The summed E-state index contributed by atoms with van der Waals surface area (Å²) in [6.45, 7) is 1.72. The highest BCUT2D eigenvalue weighted by atomic mass is 19.4. The van der Waals surface area contributed by atoms with Crippen LogP contribution < -0.4 is 10.1 Å². The molecule has 0 bridgehead atoms. The highest BCUT2D eigenvalue weighted by Crippen LogP contribution is 2.51. The molecule has 2 unspecified atom stereocenters. The van der Waals surface area contributed by atoms with E-state index in [1.54, 1.807) is 19.1 Å². The molecule has 1 fully saturated rings. The molecule has 8 heteroatoms. The quantitative estimate of drug-likeness (QED) is 0.811. The zero-order valence-electron chi connectivity index (χ0n) is 14.2. The lowest BCUT2D eigenvalue weighted by Crippen LogP contribution is -2.19. The van der Waals surface area contributed by atoms with Crippen molar-refractivity contribution in [2.24, 2.45) is 5.92 Å². The van der Waals surface area contributed by atoms with Gasteiger partial charge in [0.25, 0.3) is 0 Å². The number of amides is 1. The van der Waals surface area contributed by atoms with Crippen LogP contribution in [-0.4, -0.2) is 23.3 Å². The molecule has 1 aliphatic carbocycles. The number of hydrogen-bond acceptors (Lipinski definition) is 3. The smallest absolute Gasteiger partial charge is 0.478 e. The molecule has 1 aliphatic rings. The summed E-state index contributed by atoms with van der Waals surface area (Å²) in [6.07, 6.45) is -4.42. The number of halogens is 3. The molecule has 5 nitrogen and oxygen atoms in total. The van der Waals surface area contributed by atoms with Crippen LogP contribution in [0.5, 0.6) is 5.75 Å². The average molecular weight is 379 g/mol. The third-order valence-corrected chi connectivity index (χ3v) is 4.41. The summed E-state index contributed by atoms with van der Waals surface area (Å²) >= 11 is 0. The summed E-state index contributed by atoms with van der Waals surface area (Å²) in [4.78, 5) is 23.5. The molecular formula is C19H16F3NO4. The van der Waals surface area contributed by atoms with Gasteiger partial charge in [0.15, 0.2) is 0 Å². The number of carboxylic acid groups (broad SMARTS) is 1. The number of nitrogens with one attached hydrogen (secondary N) is 1. The van der Waals surface area contributed by atoms with Gasteiger partial charge in [-0.2, -0.15) is 0 Å². The summed E-state index contributed by atoms with van der Waals surface area (Å²) in [6, 6.07) is 10.1. The summed E-state index contributed by atoms with van der Waals surface area (Å²) < 4.78 is 41.7. The zero-order chi connectivity index (χ0) is 19.8. The number of ether oxygens (including phenoxy) is 1. The number of anilines is 1. The lowest BCUT2D eigenvalue weighted by atomic mass is 10.1. The maximum Gasteiger partial charge on any atom is 0.573 e. The van der Waals surface area contributed by atoms with Gasteiger partial charge in [-0.1, -0.05) is 24.3 Å². The standard InChI is InChI=1S/C19H16F3NO4/c1-10-6-7-11(18(25)26)8-15(10)23-17(24)14-9-13(14)12-4-2-3-5-16(12)27-19(20,21)22/h2-8,13-14H,9H2,1H3,(H,23,24)(H,25,26). The molecule has 0 heterocycles. The van der Waals surface area contributed by atoms with Crippen molar-refractivity contribution in [3.05, 3.63) is 59.2 Å². The predicted molar refractivity (Wildman–Crippen MR) is 90.7 cm³/mol. The van der Waals surface area contributed by atoms with Gasteiger partial charge >= 0.3 is 12.3 Å². The van der Waals surface area contributed by atoms with E-state index in [4.69, 9.17) is 5.11 Å². The Bertz CT molecular complexity index is 895. The molecule has 2 N–H and O–H groups in total. The number of hydrogen-bond donors (Lipinski definition) is 2. The first-order valence-corrected chi connectivity index (χ1v) is 8.15. The van der Waals surface area contributed by atoms with Crippen molar-refractivity contribution in [3.8, 4) is 5.75 Å². The van der Waals surface area contributed by atoms with Gasteiger partial charge in [-0.3, -0.25) is 4.79 Å². The summed E-state index contributed by atoms with van der Waals surface area (Å²) in [5.41, 5.74) is 1.41. The summed E-state index contributed by atoms with van der Waals surface area (Å²) in [5.74, 6) is -2.68. The summed E-state index contributed by atoms with van der Waals surface area (Å²) in [7, 11) is 0. The van der Waals surface area contributed by atoms with E-state index in [1.165, 1.54) is 30.3 Å². The Morgan fingerprint density at radius 1 is 1.19 bits per heavy atom. The van der Waals surface area contributed by atoms with Crippen LogP contribution in [0.4, 0.5) is 18.9 Å². The third kappa shape index (κ3) is 4.39. The van der Waals surface area contributed by atoms with Gasteiger partial charge in [-0.05, 0) is 48.6 Å². The van der Waals surface area contributed by atoms with Gasteiger partial charge in [0, 0.05) is 11.6 Å². The van der Waals surface area contributed by atoms with Crippen LogP contribution in [0.2, 0.25) is 0 Å². The number of benzene rings is 2. The normalized spacial score (nSPS) is 18.7. The van der Waals surface area contributed by atoms with Gasteiger partial charge in [-0.25, -0.2) is 4.79 Å². The van der Waals surface area contributed by atoms with Gasteiger partial charge in [0.2, 0.25) is 5.91 Å². The predicted octanol–water partition coefficient (Wildman–Crippen LogP) is 4.33. The van der Waals surface area contributed by atoms with Crippen molar-refractivity contribution < 1.29 is 32.6 Å². The number of carbonyl (C=O) groups excluding carboxylic acids is 1. The van der Waals surface area contributed by atoms with Crippen LogP contribution in [0.1, 0.15) is 33.8 Å². The molecular weight excluding hydrogens is 363 g/mol. The Hall–Kier alpha value is -3.03. The van der Waals surface area contributed by atoms with Crippen LogP contribution in [0.3, 0.4) is 0 Å². The van der Waals surface area contributed by atoms with E-state index in [-0.39, 0.29) is 23.1 Å². The first kappa shape index (κ1) is 18.8. The Kier molecular flexibility index (Phi) is 4.82. The monoisotopic (exact) mass is 379 g/mol. The van der Waals surface area contributed by atoms with E-state index in [0.717, 1.165) is 0 Å². The molecule has 0 aromatic heterocycles. The van der Waals surface area contributed by atoms with Crippen LogP contribution in [0.25, 0.3) is 0 Å². The minimum Gasteiger partial charge on any atom is -0.478 e. The van der Waals surface area contributed by atoms with E-state index in [9.17, 15) is 22.8 Å². The number of rotatable bonds is 5. The minimum atomic E-state index is -4.81. The second kappa shape index (κ2) is 6.94. The average Bonchev–Trinajstić information content (AvgIpc) is 3.36. The fraction of sp³-hybridized carbons (Fsp3) is 0.263. The molecule has 2 aromatic rings. The molecule has 2 aromatic carbocycles. The second-order valence-electron chi connectivity index (χ2n) is 6.36. The second-order valence-corrected chi connectivity index (χ2v) is 6.36. The molecule has 1 amide bonds. The highest BCUT2D eigenvalue weighted by molar-refractivity contribution is 5.97. The topological polar surface area (TPSA) is 75.6 Å². The number of aromatic carboxylic acids is 1. The molecule has 3 rings (SSSR count). The molecule has 0 aliphatic heterocycles. The van der Waals surface area contributed by atoms with Gasteiger partial charge in [0.1, 0.15) is 5.75 Å². The van der Waals surface area contributed by atoms with Gasteiger partial charge < -0.3 is 15.2 Å². The fourth-order valence-corrected chi connectivity index (χ4v) is 2.95. The van der Waals surface area contributed by atoms with Gasteiger partial charge in [0.05, 0.1) is 5.56 Å². The molecule has 0 spiro atoms. The number of alkyl halides is 3. The van der Waals surface area contributed by atoms with Crippen LogP contribution in [-0.2, 0) is 4.79 Å². The highest BCUT2D eigenvalue weighted by Gasteiger charge is 2.46. The molecule has 142 valence electrons. The molecule has 0 radical (unpaired) electrons. The number of carbonyl (C=O) groups is 2. The first-order chi connectivity index (χ1) is 12.7. The SMILES string of the molecule is Cc1ccc(C(=O)O)cc1NC(=O)C1CC1c1ccccc1OC(F)(F)F. The zero-order valence-corrected chi connectivity index (χ0v) is 14.2. The van der Waals surface area contributed by atoms with Crippen LogP contribution in [0, 0.1) is 12.8 Å². The Balaban J connectivity index is 1.74. The maximum absolute atomic E-state index is 12.5. The van der Waals surface area contributed by atoms with Gasteiger partial charge in [-0.15, -0.1) is 13.2 Å². The summed E-state index contributed by atoms with van der Waals surface area (Å²) in [5, 5.41) is 11.7. The van der Waals surface area contributed by atoms with Crippen molar-refractivity contribution in [2.75, 3.05) is 5.32 Å². The van der Waals surface area contributed by atoms with E-state index < -0.39 is 18.2 Å². The van der Waals surface area contributed by atoms with Crippen molar-refractivity contribution in [2.45, 2.75) is 25.6 Å². The lowest BCUT2D eigenvalue weighted by molar-refractivity contribution is -0.274. The third-order valence-electron chi connectivity index (χ3n) is 4.41. The maximum atomic E-state index is 12.5.